The van der Waals surface area contributed by atoms with Crippen molar-refractivity contribution in [3.8, 4) is 5.69 Å². The van der Waals surface area contributed by atoms with E-state index in [1.807, 2.05) is 49.5 Å². The number of benzene rings is 3. The van der Waals surface area contributed by atoms with E-state index in [2.05, 4.69) is 60.9 Å². The molecule has 0 N–H and O–H groups in total. The summed E-state index contributed by atoms with van der Waals surface area (Å²) in [6, 6.07) is 24.1. The van der Waals surface area contributed by atoms with Gasteiger partial charge >= 0.3 is 0 Å². The first kappa shape index (κ1) is 19.5. The SMILES string of the molecule is CCc1nc2ccc(Br)cc2c(=O)n1N=Cc1cccn1-c1ccc2ccccc2c1. The van der Waals surface area contributed by atoms with Crippen molar-refractivity contribution in [3.63, 3.8) is 0 Å². The van der Waals surface area contributed by atoms with Crippen LogP contribution in [0.5, 0.6) is 0 Å². The lowest BCUT2D eigenvalue weighted by atomic mass is 10.1. The fourth-order valence-corrected chi connectivity index (χ4v) is 4.08. The predicted molar refractivity (Wildman–Crippen MR) is 129 cm³/mol. The molecule has 0 bridgehead atoms. The van der Waals surface area contributed by atoms with Crippen LogP contribution in [0.2, 0.25) is 0 Å². The molecule has 0 aliphatic rings. The monoisotopic (exact) mass is 470 g/mol. The molecule has 0 spiro atoms. The topological polar surface area (TPSA) is 52.2 Å². The maximum atomic E-state index is 13.1. The normalized spacial score (nSPS) is 11.7. The lowest BCUT2D eigenvalue weighted by Crippen LogP contribution is -2.22. The van der Waals surface area contributed by atoms with Gasteiger partial charge in [0.2, 0.25) is 0 Å². The molecular formula is C25H19BrN4O. The van der Waals surface area contributed by atoms with Crippen LogP contribution >= 0.6 is 15.9 Å². The summed E-state index contributed by atoms with van der Waals surface area (Å²) in [5.41, 5.74) is 2.41. The van der Waals surface area contributed by atoms with Crippen molar-refractivity contribution in [2.75, 3.05) is 0 Å². The van der Waals surface area contributed by atoms with Crippen LogP contribution in [0.3, 0.4) is 0 Å². The summed E-state index contributed by atoms with van der Waals surface area (Å²) >= 11 is 3.43. The first-order valence-electron chi connectivity index (χ1n) is 10.1. The highest BCUT2D eigenvalue weighted by molar-refractivity contribution is 9.10. The quantitative estimate of drug-likeness (QED) is 0.323. The molecule has 6 heteroatoms. The van der Waals surface area contributed by atoms with Crippen LogP contribution in [-0.2, 0) is 6.42 Å². The van der Waals surface area contributed by atoms with Crippen molar-refractivity contribution in [3.05, 3.63) is 105 Å². The van der Waals surface area contributed by atoms with Crippen molar-refractivity contribution >= 4 is 43.8 Å². The number of hydrogen-bond donors (Lipinski definition) is 0. The van der Waals surface area contributed by atoms with Gasteiger partial charge in [-0.1, -0.05) is 53.2 Å². The highest BCUT2D eigenvalue weighted by Crippen LogP contribution is 2.20. The number of fused-ring (bicyclic) bond motifs is 2. The third-order valence-corrected chi connectivity index (χ3v) is 5.78. The average molecular weight is 471 g/mol. The predicted octanol–water partition coefficient (Wildman–Crippen LogP) is 5.55. The fourth-order valence-electron chi connectivity index (χ4n) is 3.72. The Hall–Kier alpha value is -3.51. The smallest absolute Gasteiger partial charge is 0.282 e. The minimum atomic E-state index is -0.178. The number of aromatic nitrogens is 3. The van der Waals surface area contributed by atoms with Crippen LogP contribution < -0.4 is 5.56 Å². The van der Waals surface area contributed by atoms with Gasteiger partial charge in [-0.2, -0.15) is 9.78 Å². The molecular weight excluding hydrogens is 452 g/mol. The summed E-state index contributed by atoms with van der Waals surface area (Å²) in [6.45, 7) is 1.97. The Balaban J connectivity index is 1.59. The molecule has 0 fully saturated rings. The zero-order chi connectivity index (χ0) is 21.4. The zero-order valence-corrected chi connectivity index (χ0v) is 18.5. The molecule has 3 aromatic carbocycles. The molecule has 5 aromatic rings. The van der Waals surface area contributed by atoms with Gasteiger partial charge in [0, 0.05) is 22.8 Å². The molecule has 0 aliphatic heterocycles. The Morgan fingerprint density at radius 1 is 1.00 bits per heavy atom. The Morgan fingerprint density at radius 2 is 1.84 bits per heavy atom. The Labute approximate surface area is 187 Å². The Bertz CT molecular complexity index is 1510. The van der Waals surface area contributed by atoms with E-state index >= 15 is 0 Å². The number of hydrogen-bond acceptors (Lipinski definition) is 3. The second-order valence-corrected chi connectivity index (χ2v) is 8.15. The van der Waals surface area contributed by atoms with Crippen LogP contribution in [0.25, 0.3) is 27.4 Å². The number of nitrogens with zero attached hydrogens (tertiary/aromatic N) is 4. The number of halogens is 1. The van der Waals surface area contributed by atoms with E-state index in [1.54, 1.807) is 12.3 Å². The van der Waals surface area contributed by atoms with Crippen LogP contribution in [0, 0.1) is 0 Å². The van der Waals surface area contributed by atoms with E-state index in [0.717, 1.165) is 15.9 Å². The molecule has 0 saturated heterocycles. The molecule has 2 heterocycles. The second-order valence-electron chi connectivity index (χ2n) is 7.24. The van der Waals surface area contributed by atoms with Crippen molar-refractivity contribution in [2.24, 2.45) is 5.10 Å². The second kappa shape index (κ2) is 7.96. The Morgan fingerprint density at radius 3 is 2.68 bits per heavy atom. The molecule has 5 rings (SSSR count). The molecule has 152 valence electrons. The lowest BCUT2D eigenvalue weighted by molar-refractivity contribution is 0.734. The summed E-state index contributed by atoms with van der Waals surface area (Å²) in [5.74, 6) is 0.625. The molecule has 31 heavy (non-hydrogen) atoms. The fraction of sp³-hybridized carbons (Fsp3) is 0.0800. The van der Waals surface area contributed by atoms with E-state index < -0.39 is 0 Å². The van der Waals surface area contributed by atoms with Gasteiger partial charge in [-0.25, -0.2) is 4.98 Å². The van der Waals surface area contributed by atoms with Gasteiger partial charge in [0.05, 0.1) is 22.8 Å². The van der Waals surface area contributed by atoms with Gasteiger partial charge in [0.1, 0.15) is 5.82 Å². The molecule has 0 amide bonds. The van der Waals surface area contributed by atoms with E-state index in [0.29, 0.717) is 23.1 Å². The molecule has 0 radical (unpaired) electrons. The summed E-state index contributed by atoms with van der Waals surface area (Å²) in [6.07, 6.45) is 4.30. The maximum absolute atomic E-state index is 13.1. The highest BCUT2D eigenvalue weighted by Gasteiger charge is 2.10. The van der Waals surface area contributed by atoms with Crippen molar-refractivity contribution in [1.29, 1.82) is 0 Å². The van der Waals surface area contributed by atoms with E-state index in [4.69, 9.17) is 0 Å². The molecule has 0 aliphatic carbocycles. The van der Waals surface area contributed by atoms with Crippen molar-refractivity contribution in [1.82, 2.24) is 14.2 Å². The third-order valence-electron chi connectivity index (χ3n) is 5.29. The summed E-state index contributed by atoms with van der Waals surface area (Å²) in [4.78, 5) is 17.7. The van der Waals surface area contributed by atoms with E-state index in [9.17, 15) is 4.79 Å². The van der Waals surface area contributed by atoms with Crippen LogP contribution in [0.1, 0.15) is 18.4 Å². The van der Waals surface area contributed by atoms with Gasteiger partial charge in [-0.05, 0) is 53.2 Å². The van der Waals surface area contributed by atoms with Gasteiger partial charge in [-0.3, -0.25) is 4.79 Å². The van der Waals surface area contributed by atoms with Crippen LogP contribution in [-0.4, -0.2) is 20.4 Å². The minimum absolute atomic E-state index is 0.178. The maximum Gasteiger partial charge on any atom is 0.282 e. The first-order chi connectivity index (χ1) is 15.1. The summed E-state index contributed by atoms with van der Waals surface area (Å²) in [5, 5.41) is 7.43. The van der Waals surface area contributed by atoms with Crippen molar-refractivity contribution in [2.45, 2.75) is 13.3 Å². The minimum Gasteiger partial charge on any atom is -0.316 e. The standard InChI is InChI=1S/C25H19BrN4O/c1-2-24-28-23-12-10-19(26)15-22(23)25(31)30(24)27-16-21-8-5-13-29(21)20-11-9-17-6-3-4-7-18(17)14-20/h3-16H,2H2,1H3. The average Bonchev–Trinajstić information content (AvgIpc) is 3.27. The summed E-state index contributed by atoms with van der Waals surface area (Å²) in [7, 11) is 0. The molecule has 5 nitrogen and oxygen atoms in total. The van der Waals surface area contributed by atoms with Gasteiger partial charge in [0.25, 0.3) is 5.56 Å². The largest absolute Gasteiger partial charge is 0.316 e. The van der Waals surface area contributed by atoms with Gasteiger partial charge in [0.15, 0.2) is 0 Å². The summed E-state index contributed by atoms with van der Waals surface area (Å²) < 4.78 is 4.29. The van der Waals surface area contributed by atoms with Crippen LogP contribution in [0.15, 0.2) is 93.4 Å². The number of rotatable bonds is 4. The van der Waals surface area contributed by atoms with E-state index in [-0.39, 0.29) is 5.56 Å². The third kappa shape index (κ3) is 3.59. The van der Waals surface area contributed by atoms with Gasteiger partial charge in [-0.15, -0.1) is 0 Å². The molecule has 0 saturated carbocycles. The highest BCUT2D eigenvalue weighted by atomic mass is 79.9. The van der Waals surface area contributed by atoms with Crippen molar-refractivity contribution < 1.29 is 0 Å². The molecule has 0 unspecified atom stereocenters. The van der Waals surface area contributed by atoms with Gasteiger partial charge < -0.3 is 4.57 Å². The lowest BCUT2D eigenvalue weighted by Gasteiger charge is -2.09. The number of aryl methyl sites for hydroxylation is 1. The van der Waals surface area contributed by atoms with E-state index in [1.165, 1.54) is 15.4 Å². The molecule has 2 aromatic heterocycles. The molecule has 0 atom stereocenters. The first-order valence-corrected chi connectivity index (χ1v) is 10.9. The zero-order valence-electron chi connectivity index (χ0n) is 16.9. The Kier molecular flexibility index (Phi) is 5.00. The van der Waals surface area contributed by atoms with Crippen LogP contribution in [0.4, 0.5) is 0 Å².